The minimum Gasteiger partial charge on any atom is -0.477 e. The van der Waals surface area contributed by atoms with E-state index in [2.05, 4.69) is 91.1 Å². The summed E-state index contributed by atoms with van der Waals surface area (Å²) in [4.78, 5) is 71.0. The number of carbonyl (C=O) groups excluding carboxylic acids is 2. The fourth-order valence-corrected chi connectivity index (χ4v) is 13.2. The van der Waals surface area contributed by atoms with Crippen molar-refractivity contribution >= 4 is 130 Å². The van der Waals surface area contributed by atoms with Gasteiger partial charge in [-0.05, 0) is 101 Å². The summed E-state index contributed by atoms with van der Waals surface area (Å²) in [7, 11) is 0. The van der Waals surface area contributed by atoms with Crippen molar-refractivity contribution in [3.8, 4) is 33.4 Å². The summed E-state index contributed by atoms with van der Waals surface area (Å²) in [6.45, 7) is 9.36. The van der Waals surface area contributed by atoms with Crippen molar-refractivity contribution in [1.29, 1.82) is 0 Å². The summed E-state index contributed by atoms with van der Waals surface area (Å²) < 4.78 is 21.3. The lowest BCUT2D eigenvalue weighted by molar-refractivity contribution is 0.0689. The first kappa shape index (κ1) is 63.9. The van der Waals surface area contributed by atoms with Gasteiger partial charge in [0.1, 0.15) is 34.5 Å². The lowest BCUT2D eigenvalue weighted by Gasteiger charge is -2.28. The fourth-order valence-electron chi connectivity index (χ4n) is 13.0. The topological polar surface area (TPSA) is 348 Å². The number of nitrogens with two attached hydrogens (primary N) is 1. The van der Waals surface area contributed by atoms with E-state index in [1.54, 1.807) is 75.0 Å². The molecule has 29 nitrogen and oxygen atoms in total. The maximum atomic E-state index is 12.5. The molecule has 15 heterocycles. The second kappa shape index (κ2) is 27.8. The van der Waals surface area contributed by atoms with Crippen molar-refractivity contribution in [3.63, 3.8) is 0 Å². The molecule has 0 bridgehead atoms. The molecule has 3 aromatic carbocycles. The average Bonchev–Trinajstić information content (AvgIpc) is 1.37. The third-order valence-corrected chi connectivity index (χ3v) is 18.2. The minimum atomic E-state index is -1.04. The summed E-state index contributed by atoms with van der Waals surface area (Å²) in [5.41, 5.74) is 20.4. The van der Waals surface area contributed by atoms with Crippen LogP contribution in [0.25, 0.3) is 83.0 Å². The molecule has 0 aliphatic carbocycles. The van der Waals surface area contributed by atoms with Gasteiger partial charge in [-0.2, -0.15) is 15.3 Å². The molecule has 3 fully saturated rings. The number of fused-ring (bicyclic) bond motifs is 6. The summed E-state index contributed by atoms with van der Waals surface area (Å²) in [5, 5.41) is 43.5. The molecule has 3 aliphatic heterocycles. The fraction of sp³-hybridized carbons (Fsp3) is 0.167. The number of aromatic carboxylic acids is 1. The molecule has 102 heavy (non-hydrogen) atoms. The van der Waals surface area contributed by atoms with E-state index in [0.717, 1.165) is 132 Å². The van der Waals surface area contributed by atoms with Crippen LogP contribution in [0.3, 0.4) is 0 Å². The number of nitrogens with one attached hydrogen (secondary N) is 6. The van der Waals surface area contributed by atoms with Gasteiger partial charge in [-0.3, -0.25) is 38.1 Å². The van der Waals surface area contributed by atoms with Crippen LogP contribution in [-0.2, 0) is 14.2 Å². The Hall–Kier alpha value is -12.8. The Bertz CT molecular complexity index is 5050. The average molecular weight is 1380 g/mol. The van der Waals surface area contributed by atoms with Crippen LogP contribution in [0.4, 0.5) is 51.6 Å². The SMILES string of the molecule is NC(=O)c1c(-c2ccc3cn[nH]c3c2)cc(Nc2ccc(N3CCOCC3)cn2)c2nccn12.O=C(Cl)c1c(-c2ccc3cn[nH]c3c2)cc(Nc2ccc(N3CCOCC3)cn2)c2nccn12.O=C(O)c1c(-c2ccc3cn[nH]c3c2)cc(Nc2ccc(N3CCOCC3)cn2)c2nccn12. The largest absolute Gasteiger partial charge is 0.477 e. The molecule has 18 rings (SSSR count). The van der Waals surface area contributed by atoms with Gasteiger partial charge in [-0.15, -0.1) is 0 Å². The van der Waals surface area contributed by atoms with E-state index in [1.807, 2.05) is 122 Å². The number of hydrogen-bond donors (Lipinski definition) is 8. The third-order valence-electron chi connectivity index (χ3n) is 18.0. The number of halogens is 1. The second-order valence-electron chi connectivity index (χ2n) is 24.2. The number of aromatic amines is 3. The van der Waals surface area contributed by atoms with Crippen LogP contribution in [0.1, 0.15) is 31.5 Å². The van der Waals surface area contributed by atoms with E-state index >= 15 is 0 Å². The molecule has 510 valence electrons. The second-order valence-corrected chi connectivity index (χ2v) is 24.5. The van der Waals surface area contributed by atoms with Crippen LogP contribution in [0.5, 0.6) is 0 Å². The molecular formula is C72H63ClN22O7. The van der Waals surface area contributed by atoms with Gasteiger partial charge in [0.2, 0.25) is 0 Å². The molecule has 0 saturated carbocycles. The number of carbonyl (C=O) groups is 3. The summed E-state index contributed by atoms with van der Waals surface area (Å²) in [6, 6.07) is 34.8. The first-order valence-corrected chi connectivity index (χ1v) is 33.1. The van der Waals surface area contributed by atoms with Crippen LogP contribution in [-0.4, -0.2) is 175 Å². The number of benzene rings is 3. The van der Waals surface area contributed by atoms with Gasteiger partial charge in [0.25, 0.3) is 11.1 Å². The Balaban J connectivity index is 0.000000118. The van der Waals surface area contributed by atoms with Crippen molar-refractivity contribution in [1.82, 2.24) is 73.7 Å². The molecule has 12 aromatic heterocycles. The van der Waals surface area contributed by atoms with Gasteiger partial charge in [-0.1, -0.05) is 36.4 Å². The van der Waals surface area contributed by atoms with Gasteiger partial charge in [0.05, 0.1) is 127 Å². The Kier molecular flexibility index (Phi) is 17.4. The number of anilines is 9. The molecule has 0 atom stereocenters. The molecular weight excluding hydrogens is 1320 g/mol. The quantitative estimate of drug-likeness (QED) is 0.0442. The Morgan fingerprint density at radius 2 is 0.755 bits per heavy atom. The number of carboxylic acids is 1. The van der Waals surface area contributed by atoms with E-state index < -0.39 is 17.1 Å². The number of H-pyrrole nitrogens is 3. The number of aromatic nitrogens is 15. The van der Waals surface area contributed by atoms with Crippen molar-refractivity contribution in [3.05, 3.63) is 201 Å². The number of hydrogen-bond acceptors (Lipinski definition) is 21. The van der Waals surface area contributed by atoms with Crippen LogP contribution in [0.2, 0.25) is 0 Å². The predicted molar refractivity (Wildman–Crippen MR) is 388 cm³/mol. The van der Waals surface area contributed by atoms with E-state index in [0.29, 0.717) is 92.7 Å². The highest BCUT2D eigenvalue weighted by Gasteiger charge is 2.25. The number of ether oxygens (including phenoxy) is 3. The molecule has 1 amide bonds. The molecule has 3 aliphatic rings. The molecule has 15 aromatic rings. The smallest absolute Gasteiger partial charge is 0.353 e. The van der Waals surface area contributed by atoms with Gasteiger partial charge in [-0.25, -0.2) is 34.7 Å². The molecule has 0 unspecified atom stereocenters. The van der Waals surface area contributed by atoms with Gasteiger partial charge in [0, 0.05) is 109 Å². The van der Waals surface area contributed by atoms with E-state index in [9.17, 15) is 19.5 Å². The number of rotatable bonds is 15. The number of primary amides is 1. The van der Waals surface area contributed by atoms with Crippen LogP contribution in [0, 0.1) is 0 Å². The van der Waals surface area contributed by atoms with Crippen LogP contribution >= 0.6 is 11.6 Å². The number of pyridine rings is 6. The van der Waals surface area contributed by atoms with Crippen molar-refractivity contribution in [2.45, 2.75) is 0 Å². The molecule has 3 saturated heterocycles. The lowest BCUT2D eigenvalue weighted by Crippen LogP contribution is -2.36. The van der Waals surface area contributed by atoms with E-state index in [4.69, 9.17) is 31.5 Å². The first-order chi connectivity index (χ1) is 50.0. The monoisotopic (exact) mass is 1380 g/mol. The third kappa shape index (κ3) is 12.9. The minimum absolute atomic E-state index is 0.132. The number of amides is 1. The molecule has 0 radical (unpaired) electrons. The lowest BCUT2D eigenvalue weighted by atomic mass is 10.0. The Labute approximate surface area is 583 Å². The maximum absolute atomic E-state index is 12.5. The van der Waals surface area contributed by atoms with Gasteiger partial charge < -0.3 is 55.7 Å². The Morgan fingerprint density at radius 3 is 1.08 bits per heavy atom. The number of nitrogens with zero attached hydrogens (tertiary/aromatic N) is 15. The zero-order valence-corrected chi connectivity index (χ0v) is 55.1. The van der Waals surface area contributed by atoms with Crippen molar-refractivity contribution in [2.24, 2.45) is 5.73 Å². The van der Waals surface area contributed by atoms with E-state index in [1.165, 1.54) is 0 Å². The molecule has 9 N–H and O–H groups in total. The first-order valence-electron chi connectivity index (χ1n) is 32.7. The predicted octanol–water partition coefficient (Wildman–Crippen LogP) is 10.7. The van der Waals surface area contributed by atoms with Crippen molar-refractivity contribution in [2.75, 3.05) is 110 Å². The molecule has 0 spiro atoms. The summed E-state index contributed by atoms with van der Waals surface area (Å²) >= 11 is 6.04. The van der Waals surface area contributed by atoms with Crippen LogP contribution in [0.15, 0.2) is 184 Å². The maximum Gasteiger partial charge on any atom is 0.353 e. The number of imidazole rings is 3. The normalized spacial score (nSPS) is 14.1. The summed E-state index contributed by atoms with van der Waals surface area (Å²) in [6.07, 6.45) is 20.7. The zero-order valence-electron chi connectivity index (χ0n) is 54.4. The van der Waals surface area contributed by atoms with Gasteiger partial charge >= 0.3 is 5.97 Å². The Morgan fingerprint density at radius 1 is 0.422 bits per heavy atom. The van der Waals surface area contributed by atoms with E-state index in [-0.39, 0.29) is 5.69 Å². The highest BCUT2D eigenvalue weighted by atomic mass is 35.5. The molecule has 30 heteroatoms. The highest BCUT2D eigenvalue weighted by molar-refractivity contribution is 6.68. The highest BCUT2D eigenvalue weighted by Crippen LogP contribution is 2.38. The van der Waals surface area contributed by atoms with Gasteiger partial charge in [0.15, 0.2) is 16.9 Å². The number of carboxylic acid groups (broad SMARTS) is 1. The standard InChI is InChI=1S/C24H20ClN7O2.C24H22N8O2.C24H21N7O3/c2*25-23(33)22-18(15-1-2-16-13-28-30-19(16)11-15)12-20(24-26-5-6-32(22)24)29-21-4-3-17(14-27-21)31-7-9-34-10-8-31;32-24(33)22-18(15-1-2-16-13-27-29-19(16)11-15)12-20(23-25-5-6-31(22)23)28-21-4-3-17(14-26-21)30-7-9-34-10-8-30/h1-6,11-14H,7-10H2,(H,27,29)(H,28,30);1-6,11-14H,7-10H2,(H2,25,33)(H,27,29)(H,28,30);1-6,11-14H,7-10H2,(H,26,28)(H,27,29)(H,32,33). The number of morpholine rings is 3. The summed E-state index contributed by atoms with van der Waals surface area (Å²) in [5.74, 6) is 0.398. The van der Waals surface area contributed by atoms with Crippen molar-refractivity contribution < 1.29 is 33.7 Å². The zero-order chi connectivity index (χ0) is 69.2. The van der Waals surface area contributed by atoms with Crippen LogP contribution < -0.4 is 36.4 Å².